The lowest BCUT2D eigenvalue weighted by molar-refractivity contribution is 1.18. The highest BCUT2D eigenvalue weighted by Crippen LogP contribution is 2.26. The van der Waals surface area contributed by atoms with Crippen LogP contribution in [-0.4, -0.2) is 9.97 Å². The Labute approximate surface area is 114 Å². The minimum absolute atomic E-state index is 0.155. The minimum Gasteiger partial charge on any atom is -0.306 e. The van der Waals surface area contributed by atoms with Gasteiger partial charge in [0.25, 0.3) is 5.56 Å². The molecule has 3 nitrogen and oxygen atoms in total. The van der Waals surface area contributed by atoms with Gasteiger partial charge in [0.05, 0.1) is 15.9 Å². The number of aromatic amines is 1. The fraction of sp³-hybridized carbons (Fsp3) is 0.0667. The summed E-state index contributed by atoms with van der Waals surface area (Å²) in [6.45, 7) is 1.96. The van der Waals surface area contributed by atoms with E-state index in [9.17, 15) is 4.79 Å². The number of nitrogens with zero attached hydrogens (tertiary/aromatic N) is 1. The summed E-state index contributed by atoms with van der Waals surface area (Å²) in [5.41, 5.74) is 2.31. The first-order valence-electron chi connectivity index (χ1n) is 5.91. The molecule has 0 atom stereocenters. The topological polar surface area (TPSA) is 45.8 Å². The molecule has 1 N–H and O–H groups in total. The van der Waals surface area contributed by atoms with Gasteiger partial charge in [-0.2, -0.15) is 0 Å². The van der Waals surface area contributed by atoms with Crippen molar-refractivity contribution in [2.24, 2.45) is 0 Å². The zero-order chi connectivity index (χ0) is 13.4. The molecule has 1 aromatic heterocycles. The van der Waals surface area contributed by atoms with Crippen molar-refractivity contribution in [3.05, 3.63) is 63.4 Å². The van der Waals surface area contributed by atoms with Gasteiger partial charge in [-0.05, 0) is 36.8 Å². The molecule has 4 heteroatoms. The molecular formula is C15H11ClN2O. The molecule has 1 heterocycles. The van der Waals surface area contributed by atoms with Crippen LogP contribution >= 0.6 is 11.6 Å². The van der Waals surface area contributed by atoms with Gasteiger partial charge in [-0.15, -0.1) is 0 Å². The average Bonchev–Trinajstić information content (AvgIpc) is 2.38. The molecule has 0 bridgehead atoms. The second-order valence-electron chi connectivity index (χ2n) is 4.41. The number of fused-ring (bicyclic) bond motifs is 1. The van der Waals surface area contributed by atoms with Crippen LogP contribution in [0.1, 0.15) is 5.56 Å². The molecule has 3 rings (SSSR count). The van der Waals surface area contributed by atoms with Crippen LogP contribution in [0.3, 0.4) is 0 Å². The van der Waals surface area contributed by atoms with Gasteiger partial charge in [-0.25, -0.2) is 4.98 Å². The van der Waals surface area contributed by atoms with E-state index in [1.807, 2.05) is 43.3 Å². The Morgan fingerprint density at radius 2 is 1.95 bits per heavy atom. The number of halogens is 1. The number of hydrogen-bond acceptors (Lipinski definition) is 2. The lowest BCUT2D eigenvalue weighted by Gasteiger charge is -2.06. The van der Waals surface area contributed by atoms with Crippen molar-refractivity contribution in [2.75, 3.05) is 0 Å². The zero-order valence-electron chi connectivity index (χ0n) is 10.3. The van der Waals surface area contributed by atoms with E-state index in [2.05, 4.69) is 9.97 Å². The Morgan fingerprint density at radius 3 is 2.74 bits per heavy atom. The number of H-pyrrole nitrogens is 1. The molecule has 0 unspecified atom stereocenters. The van der Waals surface area contributed by atoms with E-state index in [0.717, 1.165) is 11.1 Å². The van der Waals surface area contributed by atoms with E-state index in [1.165, 1.54) is 0 Å². The fourth-order valence-corrected chi connectivity index (χ4v) is 2.35. The van der Waals surface area contributed by atoms with Crippen LogP contribution in [0.25, 0.3) is 22.3 Å². The molecule has 19 heavy (non-hydrogen) atoms. The Bertz CT molecular complexity index is 824. The van der Waals surface area contributed by atoms with Gasteiger partial charge in [0.15, 0.2) is 0 Å². The fourth-order valence-electron chi connectivity index (χ4n) is 2.03. The number of hydrogen-bond donors (Lipinski definition) is 1. The maximum atomic E-state index is 12.0. The quantitative estimate of drug-likeness (QED) is 0.735. The molecule has 0 spiro atoms. The largest absolute Gasteiger partial charge is 0.306 e. The molecule has 0 aliphatic heterocycles. The summed E-state index contributed by atoms with van der Waals surface area (Å²) >= 11 is 6.21. The summed E-state index contributed by atoms with van der Waals surface area (Å²) in [4.78, 5) is 19.2. The van der Waals surface area contributed by atoms with Crippen molar-refractivity contribution >= 4 is 22.5 Å². The monoisotopic (exact) mass is 270 g/mol. The summed E-state index contributed by atoms with van der Waals surface area (Å²) in [6, 6.07) is 12.9. The van der Waals surface area contributed by atoms with E-state index >= 15 is 0 Å². The van der Waals surface area contributed by atoms with Gasteiger partial charge in [0.2, 0.25) is 0 Å². The SMILES string of the molecule is Cc1ccc(-c2nc3ccccc3c(=O)[nH]2)c(Cl)c1. The van der Waals surface area contributed by atoms with Gasteiger partial charge < -0.3 is 4.98 Å². The Kier molecular flexibility index (Phi) is 2.84. The van der Waals surface area contributed by atoms with E-state index in [4.69, 9.17) is 11.6 Å². The summed E-state index contributed by atoms with van der Waals surface area (Å²) in [7, 11) is 0. The molecule has 2 aromatic carbocycles. The first-order chi connectivity index (χ1) is 9.15. The smallest absolute Gasteiger partial charge is 0.259 e. The third-order valence-corrected chi connectivity index (χ3v) is 3.31. The third-order valence-electron chi connectivity index (χ3n) is 2.99. The number of nitrogens with one attached hydrogen (secondary N) is 1. The molecule has 94 valence electrons. The third kappa shape index (κ3) is 2.13. The van der Waals surface area contributed by atoms with Crippen LogP contribution in [0.2, 0.25) is 5.02 Å². The molecule has 0 fully saturated rings. The number of aromatic nitrogens is 2. The Hall–Kier alpha value is -2.13. The first-order valence-corrected chi connectivity index (χ1v) is 6.28. The lowest BCUT2D eigenvalue weighted by Crippen LogP contribution is -2.09. The van der Waals surface area contributed by atoms with Gasteiger partial charge in [0.1, 0.15) is 5.82 Å². The van der Waals surface area contributed by atoms with E-state index in [0.29, 0.717) is 21.7 Å². The predicted molar refractivity (Wildman–Crippen MR) is 77.5 cm³/mol. The standard InChI is InChI=1S/C15H11ClN2O/c1-9-6-7-10(12(16)8-9)14-17-13-5-3-2-4-11(13)15(19)18-14/h2-8H,1H3,(H,17,18,19). The van der Waals surface area contributed by atoms with Crippen LogP contribution in [0.5, 0.6) is 0 Å². The normalized spacial score (nSPS) is 10.8. The highest BCUT2D eigenvalue weighted by atomic mass is 35.5. The molecule has 0 aliphatic carbocycles. The summed E-state index contributed by atoms with van der Waals surface area (Å²) in [5, 5.41) is 1.16. The number of aryl methyl sites for hydroxylation is 1. The van der Waals surface area contributed by atoms with Gasteiger partial charge >= 0.3 is 0 Å². The number of para-hydroxylation sites is 1. The van der Waals surface area contributed by atoms with Gasteiger partial charge in [-0.3, -0.25) is 4.79 Å². The summed E-state index contributed by atoms with van der Waals surface area (Å²) in [6.07, 6.45) is 0. The van der Waals surface area contributed by atoms with Gasteiger partial charge in [-0.1, -0.05) is 29.8 Å². The number of benzene rings is 2. The van der Waals surface area contributed by atoms with Crippen LogP contribution in [-0.2, 0) is 0 Å². The highest BCUT2D eigenvalue weighted by molar-refractivity contribution is 6.33. The van der Waals surface area contributed by atoms with E-state index in [1.54, 1.807) is 6.07 Å². The molecule has 0 saturated carbocycles. The minimum atomic E-state index is -0.155. The second kappa shape index (κ2) is 4.52. The van der Waals surface area contributed by atoms with Crippen LogP contribution < -0.4 is 5.56 Å². The van der Waals surface area contributed by atoms with E-state index in [-0.39, 0.29) is 5.56 Å². The van der Waals surface area contributed by atoms with Crippen molar-refractivity contribution in [3.63, 3.8) is 0 Å². The maximum absolute atomic E-state index is 12.0. The highest BCUT2D eigenvalue weighted by Gasteiger charge is 2.08. The van der Waals surface area contributed by atoms with Gasteiger partial charge in [0, 0.05) is 5.56 Å². The molecular weight excluding hydrogens is 260 g/mol. The van der Waals surface area contributed by atoms with Crippen molar-refractivity contribution in [2.45, 2.75) is 6.92 Å². The van der Waals surface area contributed by atoms with Crippen molar-refractivity contribution in [3.8, 4) is 11.4 Å². The van der Waals surface area contributed by atoms with Crippen molar-refractivity contribution in [1.29, 1.82) is 0 Å². The predicted octanol–water partition coefficient (Wildman–Crippen LogP) is 3.55. The molecule has 3 aromatic rings. The lowest BCUT2D eigenvalue weighted by atomic mass is 10.1. The first kappa shape index (κ1) is 11.9. The Balaban J connectivity index is 2.28. The van der Waals surface area contributed by atoms with Crippen molar-refractivity contribution in [1.82, 2.24) is 9.97 Å². The zero-order valence-corrected chi connectivity index (χ0v) is 11.0. The molecule has 0 amide bonds. The molecule has 0 radical (unpaired) electrons. The summed E-state index contributed by atoms with van der Waals surface area (Å²) < 4.78 is 0. The van der Waals surface area contributed by atoms with Crippen LogP contribution in [0, 0.1) is 6.92 Å². The van der Waals surface area contributed by atoms with Crippen LogP contribution in [0.15, 0.2) is 47.3 Å². The average molecular weight is 271 g/mol. The number of rotatable bonds is 1. The van der Waals surface area contributed by atoms with Crippen LogP contribution in [0.4, 0.5) is 0 Å². The molecule has 0 saturated heterocycles. The molecule has 0 aliphatic rings. The maximum Gasteiger partial charge on any atom is 0.259 e. The van der Waals surface area contributed by atoms with E-state index < -0.39 is 0 Å². The summed E-state index contributed by atoms with van der Waals surface area (Å²) in [5.74, 6) is 0.494. The Morgan fingerprint density at radius 1 is 1.16 bits per heavy atom. The second-order valence-corrected chi connectivity index (χ2v) is 4.82. The van der Waals surface area contributed by atoms with Crippen molar-refractivity contribution < 1.29 is 0 Å².